The number of nitrogens with one attached hydrogen (secondary N) is 1. The Labute approximate surface area is 111 Å². The van der Waals surface area contributed by atoms with E-state index < -0.39 is 0 Å². The van der Waals surface area contributed by atoms with Crippen molar-refractivity contribution in [1.82, 2.24) is 10.2 Å². The van der Waals surface area contributed by atoms with Crippen molar-refractivity contribution in [3.63, 3.8) is 0 Å². The number of nitrogens with zero attached hydrogens (tertiary/aromatic N) is 1. The van der Waals surface area contributed by atoms with E-state index in [0.717, 1.165) is 36.0 Å². The summed E-state index contributed by atoms with van der Waals surface area (Å²) in [4.78, 5) is 2.93. The van der Waals surface area contributed by atoms with Gasteiger partial charge >= 0.3 is 0 Å². The van der Waals surface area contributed by atoms with Gasteiger partial charge < -0.3 is 5.32 Å². The van der Waals surface area contributed by atoms with E-state index in [0.29, 0.717) is 0 Å². The molecule has 18 heavy (non-hydrogen) atoms. The van der Waals surface area contributed by atoms with Crippen LogP contribution in [0.5, 0.6) is 0 Å². The Hall–Kier alpha value is -0.0800. The molecule has 2 saturated carbocycles. The highest BCUT2D eigenvalue weighted by molar-refractivity contribution is 5.01. The van der Waals surface area contributed by atoms with Crippen LogP contribution in [0.3, 0.4) is 0 Å². The molecule has 5 unspecified atom stereocenters. The van der Waals surface area contributed by atoms with Crippen molar-refractivity contribution in [2.75, 3.05) is 6.54 Å². The van der Waals surface area contributed by atoms with Crippen molar-refractivity contribution < 1.29 is 0 Å². The second kappa shape index (κ2) is 4.49. The van der Waals surface area contributed by atoms with Crippen molar-refractivity contribution in [2.45, 2.75) is 82.5 Å². The number of fused-ring (bicyclic) bond motifs is 4. The zero-order chi connectivity index (χ0) is 12.1. The molecule has 2 aliphatic heterocycles. The Kier molecular flexibility index (Phi) is 2.92. The minimum Gasteiger partial charge on any atom is -0.311 e. The van der Waals surface area contributed by atoms with Gasteiger partial charge in [0.25, 0.3) is 0 Å². The molecule has 5 atom stereocenters. The first kappa shape index (κ1) is 11.7. The van der Waals surface area contributed by atoms with Crippen LogP contribution in [0.2, 0.25) is 0 Å². The second-order valence-electron chi connectivity index (χ2n) is 7.34. The molecule has 0 aromatic heterocycles. The summed E-state index contributed by atoms with van der Waals surface area (Å²) in [7, 11) is 0. The third kappa shape index (κ3) is 1.84. The molecule has 2 heterocycles. The Morgan fingerprint density at radius 3 is 2.28 bits per heavy atom. The van der Waals surface area contributed by atoms with E-state index in [1.807, 2.05) is 0 Å². The standard InChI is InChI=1S/C16H28N2/c1-2-18(16-8-11-3-4-12(16)7-11)15-9-13-5-6-14(10-15)17-13/h11-17H,2-10H2,1H3. The van der Waals surface area contributed by atoms with Crippen LogP contribution in [0.25, 0.3) is 0 Å². The van der Waals surface area contributed by atoms with E-state index >= 15 is 0 Å². The Balaban J connectivity index is 1.48. The molecule has 0 radical (unpaired) electrons. The van der Waals surface area contributed by atoms with Gasteiger partial charge in [0.1, 0.15) is 0 Å². The molecule has 4 bridgehead atoms. The van der Waals surface area contributed by atoms with Crippen molar-refractivity contribution >= 4 is 0 Å². The molecule has 1 N–H and O–H groups in total. The van der Waals surface area contributed by atoms with Gasteiger partial charge in [0.2, 0.25) is 0 Å². The van der Waals surface area contributed by atoms with Crippen molar-refractivity contribution in [3.8, 4) is 0 Å². The summed E-state index contributed by atoms with van der Waals surface area (Å²) >= 11 is 0. The maximum Gasteiger partial charge on any atom is 0.0129 e. The first-order valence-corrected chi connectivity index (χ1v) is 8.35. The normalized spacial score (nSPS) is 50.3. The van der Waals surface area contributed by atoms with Crippen LogP contribution in [-0.4, -0.2) is 35.6 Å². The van der Waals surface area contributed by atoms with Gasteiger partial charge in [-0.15, -0.1) is 0 Å². The molecule has 0 aromatic rings. The number of piperidine rings is 1. The molecule has 102 valence electrons. The summed E-state index contributed by atoms with van der Waals surface area (Å²) in [5.74, 6) is 2.15. The van der Waals surface area contributed by atoms with Gasteiger partial charge in [-0.05, 0) is 63.3 Å². The lowest BCUT2D eigenvalue weighted by Crippen LogP contribution is -2.52. The highest BCUT2D eigenvalue weighted by Gasteiger charge is 2.45. The fourth-order valence-corrected chi connectivity index (χ4v) is 5.68. The summed E-state index contributed by atoms with van der Waals surface area (Å²) in [6.45, 7) is 3.69. The van der Waals surface area contributed by atoms with Crippen LogP contribution in [0, 0.1) is 11.8 Å². The Bertz CT molecular complexity index is 304. The lowest BCUT2D eigenvalue weighted by Gasteiger charge is -2.43. The third-order valence-corrected chi connectivity index (χ3v) is 6.41. The van der Waals surface area contributed by atoms with Gasteiger partial charge in [0.15, 0.2) is 0 Å². The predicted octanol–water partition coefficient (Wildman–Crippen LogP) is 2.78. The average Bonchev–Trinajstić information content (AvgIpc) is 3.07. The van der Waals surface area contributed by atoms with Crippen LogP contribution in [-0.2, 0) is 0 Å². The zero-order valence-electron chi connectivity index (χ0n) is 11.8. The molecule has 2 aliphatic carbocycles. The SMILES string of the molecule is CCN(C1CC2CCC(C1)N2)C1CC2CCC1C2. The quantitative estimate of drug-likeness (QED) is 0.826. The molecule has 2 saturated heterocycles. The van der Waals surface area contributed by atoms with Crippen LogP contribution >= 0.6 is 0 Å². The summed E-state index contributed by atoms with van der Waals surface area (Å²) in [5.41, 5.74) is 0. The van der Waals surface area contributed by atoms with E-state index in [1.54, 1.807) is 6.42 Å². The van der Waals surface area contributed by atoms with Crippen molar-refractivity contribution in [3.05, 3.63) is 0 Å². The van der Waals surface area contributed by atoms with Crippen LogP contribution in [0.4, 0.5) is 0 Å². The molecule has 4 fully saturated rings. The molecule has 0 amide bonds. The minimum absolute atomic E-state index is 0.849. The van der Waals surface area contributed by atoms with Crippen LogP contribution in [0.1, 0.15) is 58.3 Å². The smallest absolute Gasteiger partial charge is 0.0129 e. The van der Waals surface area contributed by atoms with E-state index in [4.69, 9.17) is 0 Å². The first-order chi connectivity index (χ1) is 8.83. The maximum atomic E-state index is 3.80. The zero-order valence-corrected chi connectivity index (χ0v) is 11.8. The Morgan fingerprint density at radius 1 is 0.944 bits per heavy atom. The van der Waals surface area contributed by atoms with Crippen LogP contribution in [0.15, 0.2) is 0 Å². The Morgan fingerprint density at radius 2 is 1.72 bits per heavy atom. The van der Waals surface area contributed by atoms with Crippen molar-refractivity contribution in [1.29, 1.82) is 0 Å². The van der Waals surface area contributed by atoms with Gasteiger partial charge in [-0.3, -0.25) is 4.90 Å². The minimum atomic E-state index is 0.849. The van der Waals surface area contributed by atoms with Gasteiger partial charge in [0, 0.05) is 24.2 Å². The average molecular weight is 248 g/mol. The molecular weight excluding hydrogens is 220 g/mol. The number of hydrogen-bond acceptors (Lipinski definition) is 2. The van der Waals surface area contributed by atoms with Gasteiger partial charge in [-0.25, -0.2) is 0 Å². The van der Waals surface area contributed by atoms with Gasteiger partial charge in [-0.2, -0.15) is 0 Å². The third-order valence-electron chi connectivity index (χ3n) is 6.41. The molecule has 0 spiro atoms. The first-order valence-electron chi connectivity index (χ1n) is 8.35. The summed E-state index contributed by atoms with van der Waals surface area (Å²) in [6.07, 6.45) is 11.9. The highest BCUT2D eigenvalue weighted by atomic mass is 15.2. The molecular formula is C16H28N2. The lowest BCUT2D eigenvalue weighted by molar-refractivity contribution is 0.0694. The molecule has 2 nitrogen and oxygen atoms in total. The lowest BCUT2D eigenvalue weighted by atomic mass is 9.90. The number of rotatable bonds is 3. The number of hydrogen-bond donors (Lipinski definition) is 1. The monoisotopic (exact) mass is 248 g/mol. The summed E-state index contributed by atoms with van der Waals surface area (Å²) < 4.78 is 0. The highest BCUT2D eigenvalue weighted by Crippen LogP contribution is 2.48. The fraction of sp³-hybridized carbons (Fsp3) is 1.00. The van der Waals surface area contributed by atoms with E-state index in [2.05, 4.69) is 17.1 Å². The summed E-state index contributed by atoms with van der Waals surface area (Å²) in [6, 6.07) is 3.55. The molecule has 0 aromatic carbocycles. The largest absolute Gasteiger partial charge is 0.311 e. The second-order valence-corrected chi connectivity index (χ2v) is 7.34. The van der Waals surface area contributed by atoms with E-state index in [1.165, 1.54) is 51.5 Å². The van der Waals surface area contributed by atoms with E-state index in [9.17, 15) is 0 Å². The molecule has 4 aliphatic rings. The van der Waals surface area contributed by atoms with Gasteiger partial charge in [0.05, 0.1) is 0 Å². The molecule has 4 rings (SSSR count). The topological polar surface area (TPSA) is 15.3 Å². The predicted molar refractivity (Wildman–Crippen MR) is 74.6 cm³/mol. The van der Waals surface area contributed by atoms with Gasteiger partial charge in [-0.1, -0.05) is 13.3 Å². The van der Waals surface area contributed by atoms with E-state index in [-0.39, 0.29) is 0 Å². The maximum absolute atomic E-state index is 3.80. The van der Waals surface area contributed by atoms with Crippen LogP contribution < -0.4 is 5.32 Å². The summed E-state index contributed by atoms with van der Waals surface area (Å²) in [5, 5.41) is 3.80. The van der Waals surface area contributed by atoms with Crippen molar-refractivity contribution in [2.24, 2.45) is 11.8 Å². The molecule has 2 heteroatoms. The fourth-order valence-electron chi connectivity index (χ4n) is 5.68.